The third kappa shape index (κ3) is 23.4. The SMILES string of the molecule is CCCCCCCCCCCCCCC(=O)OC(COC(=O)CC)COP(=O)([O-])OCC[N+](C)(C)C. The monoisotopic (exact) mass is 537 g/mol. The fraction of sp³-hybridized carbons (Fsp3) is 0.923. The summed E-state index contributed by atoms with van der Waals surface area (Å²) in [4.78, 5) is 35.8. The number of phosphoric acid groups is 1. The lowest BCUT2D eigenvalue weighted by Gasteiger charge is -2.28. The zero-order valence-electron chi connectivity index (χ0n) is 23.5. The van der Waals surface area contributed by atoms with Gasteiger partial charge in [-0.15, -0.1) is 0 Å². The molecule has 0 rings (SSSR count). The minimum absolute atomic E-state index is 0.0293. The smallest absolute Gasteiger partial charge is 0.306 e. The third-order valence-electron chi connectivity index (χ3n) is 5.68. The van der Waals surface area contributed by atoms with Crippen molar-refractivity contribution in [2.45, 2.75) is 110 Å². The zero-order chi connectivity index (χ0) is 27.3. The molecule has 214 valence electrons. The molecule has 0 aliphatic heterocycles. The Bertz CT molecular complexity index is 624. The number of phosphoric ester groups is 1. The molecular weight excluding hydrogens is 485 g/mol. The Labute approximate surface area is 219 Å². The van der Waals surface area contributed by atoms with Crippen molar-refractivity contribution in [1.82, 2.24) is 0 Å². The molecule has 0 fully saturated rings. The minimum Gasteiger partial charge on any atom is -0.756 e. The van der Waals surface area contributed by atoms with Gasteiger partial charge < -0.3 is 27.9 Å². The van der Waals surface area contributed by atoms with Crippen molar-refractivity contribution >= 4 is 19.8 Å². The predicted octanol–water partition coefficient (Wildman–Crippen LogP) is 5.15. The minimum atomic E-state index is -4.57. The number of hydrogen-bond donors (Lipinski definition) is 0. The molecule has 0 saturated heterocycles. The highest BCUT2D eigenvalue weighted by atomic mass is 31.2. The third-order valence-corrected chi connectivity index (χ3v) is 6.65. The van der Waals surface area contributed by atoms with E-state index in [1.54, 1.807) is 6.92 Å². The summed E-state index contributed by atoms with van der Waals surface area (Å²) in [6.07, 6.45) is 13.7. The van der Waals surface area contributed by atoms with Gasteiger partial charge in [-0.1, -0.05) is 84.5 Å². The van der Waals surface area contributed by atoms with Gasteiger partial charge in [0, 0.05) is 12.8 Å². The highest BCUT2D eigenvalue weighted by Crippen LogP contribution is 2.38. The maximum atomic E-state index is 12.3. The molecule has 0 N–H and O–H groups in total. The number of nitrogens with zero attached hydrogens (tertiary/aromatic N) is 1. The predicted molar refractivity (Wildman–Crippen MR) is 139 cm³/mol. The van der Waals surface area contributed by atoms with Crippen LogP contribution in [0.5, 0.6) is 0 Å². The van der Waals surface area contributed by atoms with Crippen LogP contribution in [0.3, 0.4) is 0 Å². The van der Waals surface area contributed by atoms with E-state index in [0.29, 0.717) is 17.4 Å². The first kappa shape index (κ1) is 35.0. The van der Waals surface area contributed by atoms with Gasteiger partial charge in [-0.05, 0) is 6.42 Å². The van der Waals surface area contributed by atoms with Gasteiger partial charge >= 0.3 is 11.9 Å². The van der Waals surface area contributed by atoms with Gasteiger partial charge in [0.2, 0.25) is 0 Å². The molecule has 0 aromatic carbocycles. The number of rotatable bonds is 24. The molecule has 0 heterocycles. The molecule has 0 aliphatic rings. The highest BCUT2D eigenvalue weighted by Gasteiger charge is 2.21. The normalized spacial score (nSPS) is 14.3. The summed E-state index contributed by atoms with van der Waals surface area (Å²) in [5.41, 5.74) is 0. The van der Waals surface area contributed by atoms with Crippen LogP contribution in [0.25, 0.3) is 0 Å². The first-order valence-corrected chi connectivity index (χ1v) is 15.2. The Morgan fingerprint density at radius 1 is 0.778 bits per heavy atom. The molecule has 0 spiro atoms. The topological polar surface area (TPSA) is 111 Å². The quantitative estimate of drug-likeness (QED) is 0.0719. The molecule has 0 saturated carbocycles. The molecule has 0 aromatic rings. The Morgan fingerprint density at radius 3 is 1.81 bits per heavy atom. The molecular formula is C26H52NO8P. The Morgan fingerprint density at radius 2 is 1.31 bits per heavy atom. The van der Waals surface area contributed by atoms with Crippen LogP contribution >= 0.6 is 7.82 Å². The molecule has 9 nitrogen and oxygen atoms in total. The lowest BCUT2D eigenvalue weighted by molar-refractivity contribution is -0.870. The molecule has 0 radical (unpaired) electrons. The van der Waals surface area contributed by atoms with Crippen LogP contribution in [-0.4, -0.2) is 70.0 Å². The first-order chi connectivity index (χ1) is 17.0. The maximum absolute atomic E-state index is 12.3. The summed E-state index contributed by atoms with van der Waals surface area (Å²) >= 11 is 0. The molecule has 10 heteroatoms. The second-order valence-corrected chi connectivity index (χ2v) is 11.8. The molecule has 0 aromatic heterocycles. The Balaban J connectivity index is 4.21. The van der Waals surface area contributed by atoms with E-state index >= 15 is 0 Å². The highest BCUT2D eigenvalue weighted by molar-refractivity contribution is 7.45. The average Bonchev–Trinajstić information content (AvgIpc) is 2.80. The van der Waals surface area contributed by atoms with Crippen molar-refractivity contribution in [1.29, 1.82) is 0 Å². The molecule has 36 heavy (non-hydrogen) atoms. The molecule has 2 unspecified atom stereocenters. The number of esters is 2. The van der Waals surface area contributed by atoms with Crippen LogP contribution in [0.2, 0.25) is 0 Å². The summed E-state index contributed by atoms with van der Waals surface area (Å²) < 4.78 is 32.7. The van der Waals surface area contributed by atoms with Crippen LogP contribution in [0.4, 0.5) is 0 Å². The molecule has 2 atom stereocenters. The van der Waals surface area contributed by atoms with E-state index in [-0.39, 0.29) is 26.1 Å². The van der Waals surface area contributed by atoms with Crippen LogP contribution < -0.4 is 4.89 Å². The van der Waals surface area contributed by atoms with Gasteiger partial charge in [0.15, 0.2) is 6.10 Å². The van der Waals surface area contributed by atoms with Gasteiger partial charge in [-0.3, -0.25) is 14.2 Å². The van der Waals surface area contributed by atoms with Gasteiger partial charge in [-0.25, -0.2) is 0 Å². The van der Waals surface area contributed by atoms with Crippen molar-refractivity contribution in [3.8, 4) is 0 Å². The fourth-order valence-corrected chi connectivity index (χ4v) is 4.13. The number of unbranched alkanes of at least 4 members (excludes halogenated alkanes) is 11. The lowest BCUT2D eigenvalue weighted by atomic mass is 10.0. The lowest BCUT2D eigenvalue weighted by Crippen LogP contribution is -2.37. The molecule has 0 amide bonds. The van der Waals surface area contributed by atoms with E-state index in [4.69, 9.17) is 18.5 Å². The Kier molecular flexibility index (Phi) is 20.4. The summed E-state index contributed by atoms with van der Waals surface area (Å²) in [5, 5.41) is 0. The number of carbonyl (C=O) groups is 2. The van der Waals surface area contributed by atoms with Crippen LogP contribution in [0, 0.1) is 0 Å². The maximum Gasteiger partial charge on any atom is 0.306 e. The van der Waals surface area contributed by atoms with E-state index in [0.717, 1.165) is 12.8 Å². The standard InChI is InChI=1S/C26H52NO8P/c1-6-8-9-10-11-12-13-14-15-16-17-18-19-26(29)35-24(22-32-25(28)7-2)23-34-36(30,31)33-21-20-27(3,4)5/h24H,6-23H2,1-5H3. The van der Waals surface area contributed by atoms with E-state index in [1.807, 2.05) is 21.1 Å². The number of quaternary nitrogens is 1. The number of hydrogen-bond acceptors (Lipinski definition) is 8. The van der Waals surface area contributed by atoms with Gasteiger partial charge in [0.1, 0.15) is 19.8 Å². The van der Waals surface area contributed by atoms with Crippen LogP contribution in [-0.2, 0) is 32.7 Å². The van der Waals surface area contributed by atoms with Crippen molar-refractivity contribution in [2.24, 2.45) is 0 Å². The fourth-order valence-electron chi connectivity index (χ4n) is 3.40. The summed E-state index contributed by atoms with van der Waals surface area (Å²) in [5.74, 6) is -0.934. The van der Waals surface area contributed by atoms with Crippen LogP contribution in [0.1, 0.15) is 104 Å². The van der Waals surface area contributed by atoms with E-state index < -0.39 is 32.5 Å². The first-order valence-electron chi connectivity index (χ1n) is 13.7. The average molecular weight is 538 g/mol. The van der Waals surface area contributed by atoms with E-state index in [2.05, 4.69) is 6.92 Å². The molecule has 0 aliphatic carbocycles. The van der Waals surface area contributed by atoms with Crippen molar-refractivity contribution < 1.29 is 42.1 Å². The molecule has 0 bridgehead atoms. The van der Waals surface area contributed by atoms with Crippen molar-refractivity contribution in [3.05, 3.63) is 0 Å². The van der Waals surface area contributed by atoms with Gasteiger partial charge in [-0.2, -0.15) is 0 Å². The van der Waals surface area contributed by atoms with Crippen molar-refractivity contribution in [3.63, 3.8) is 0 Å². The van der Waals surface area contributed by atoms with Gasteiger partial charge in [0.25, 0.3) is 7.82 Å². The largest absolute Gasteiger partial charge is 0.756 e. The summed E-state index contributed by atoms with van der Waals surface area (Å²) in [6, 6.07) is 0. The Hall–Kier alpha value is -0.990. The number of carbonyl (C=O) groups excluding carboxylic acids is 2. The second kappa shape index (κ2) is 21.0. The van der Waals surface area contributed by atoms with Crippen LogP contribution in [0.15, 0.2) is 0 Å². The summed E-state index contributed by atoms with van der Waals surface area (Å²) in [6.45, 7) is 3.58. The van der Waals surface area contributed by atoms with Gasteiger partial charge in [0.05, 0.1) is 27.7 Å². The number of likely N-dealkylation sites (N-methyl/N-ethyl adjacent to an activating group) is 1. The zero-order valence-corrected chi connectivity index (χ0v) is 24.4. The van der Waals surface area contributed by atoms with E-state index in [1.165, 1.54) is 57.8 Å². The second-order valence-electron chi connectivity index (χ2n) is 10.4. The van der Waals surface area contributed by atoms with Crippen molar-refractivity contribution in [2.75, 3.05) is 47.5 Å². The van der Waals surface area contributed by atoms with E-state index in [9.17, 15) is 19.0 Å². The number of ether oxygens (including phenoxy) is 2. The summed E-state index contributed by atoms with van der Waals surface area (Å²) in [7, 11) is 1.16.